The molecule has 2 aromatic carbocycles. The molecule has 0 saturated carbocycles. The molecule has 0 atom stereocenters. The molecule has 0 radical (unpaired) electrons. The average molecular weight is 345 g/mol. The zero-order valence-corrected chi connectivity index (χ0v) is 12.6. The van der Waals surface area contributed by atoms with Crippen LogP contribution in [0.4, 0.5) is 10.1 Å². The van der Waals surface area contributed by atoms with E-state index in [1.165, 1.54) is 6.07 Å². The Morgan fingerprint density at radius 1 is 1.26 bits per heavy atom. The van der Waals surface area contributed by atoms with Gasteiger partial charge in [-0.15, -0.1) is 0 Å². The van der Waals surface area contributed by atoms with Crippen molar-refractivity contribution < 1.29 is 9.13 Å². The minimum absolute atomic E-state index is 0.303. The number of methoxy groups -OCH3 is 1. The van der Waals surface area contributed by atoms with Gasteiger partial charge in [0, 0.05) is 22.8 Å². The number of hydrogen-bond donors (Lipinski definition) is 1. The normalized spacial score (nSPS) is 10.3. The number of anilines is 1. The van der Waals surface area contributed by atoms with Gasteiger partial charge in [0.25, 0.3) is 0 Å². The van der Waals surface area contributed by atoms with E-state index in [2.05, 4.69) is 21.2 Å². The number of rotatable bonds is 4. The van der Waals surface area contributed by atoms with Crippen molar-refractivity contribution in [2.45, 2.75) is 6.54 Å². The molecule has 0 bridgehead atoms. The number of benzene rings is 2. The smallest absolute Gasteiger partial charge is 0.139 e. The van der Waals surface area contributed by atoms with E-state index < -0.39 is 0 Å². The Hall–Kier alpha value is -1.26. The highest BCUT2D eigenvalue weighted by Gasteiger charge is 2.05. The molecule has 0 aliphatic heterocycles. The van der Waals surface area contributed by atoms with Crippen LogP contribution >= 0.6 is 27.5 Å². The predicted octanol–water partition coefficient (Wildman–Crippen LogP) is 4.86. The number of hydrogen-bond acceptors (Lipinski definition) is 2. The lowest BCUT2D eigenvalue weighted by Crippen LogP contribution is -2.02. The number of ether oxygens (including phenoxy) is 1. The minimum Gasteiger partial charge on any atom is -0.496 e. The second-order valence-electron chi connectivity index (χ2n) is 3.94. The summed E-state index contributed by atoms with van der Waals surface area (Å²) in [6.07, 6.45) is 0. The molecule has 0 aliphatic carbocycles. The summed E-state index contributed by atoms with van der Waals surface area (Å²) in [6.45, 7) is 0.505. The molecule has 0 heterocycles. The van der Waals surface area contributed by atoms with Gasteiger partial charge in [0.2, 0.25) is 0 Å². The van der Waals surface area contributed by atoms with E-state index in [1.54, 1.807) is 25.3 Å². The number of halogens is 3. The van der Waals surface area contributed by atoms with E-state index in [4.69, 9.17) is 16.3 Å². The van der Waals surface area contributed by atoms with E-state index in [1.807, 2.05) is 12.1 Å². The van der Waals surface area contributed by atoms with Gasteiger partial charge in [0.05, 0.1) is 11.6 Å². The van der Waals surface area contributed by atoms with Crippen molar-refractivity contribution in [3.63, 3.8) is 0 Å². The quantitative estimate of drug-likeness (QED) is 0.855. The Morgan fingerprint density at radius 2 is 2.05 bits per heavy atom. The summed E-state index contributed by atoms with van der Waals surface area (Å²) in [4.78, 5) is 0. The largest absolute Gasteiger partial charge is 0.496 e. The number of nitrogens with one attached hydrogen (secondary N) is 1. The van der Waals surface area contributed by atoms with Crippen LogP contribution < -0.4 is 10.1 Å². The van der Waals surface area contributed by atoms with E-state index in [-0.39, 0.29) is 5.82 Å². The monoisotopic (exact) mass is 343 g/mol. The van der Waals surface area contributed by atoms with Crippen molar-refractivity contribution in [3.8, 4) is 5.75 Å². The van der Waals surface area contributed by atoms with Gasteiger partial charge in [-0.25, -0.2) is 4.39 Å². The Labute approximate surface area is 124 Å². The van der Waals surface area contributed by atoms with Gasteiger partial charge in [-0.1, -0.05) is 11.6 Å². The maximum Gasteiger partial charge on any atom is 0.139 e. The van der Waals surface area contributed by atoms with Crippen molar-refractivity contribution in [1.29, 1.82) is 0 Å². The van der Waals surface area contributed by atoms with Crippen molar-refractivity contribution in [3.05, 3.63) is 57.3 Å². The van der Waals surface area contributed by atoms with Gasteiger partial charge in [-0.2, -0.15) is 0 Å². The van der Waals surface area contributed by atoms with E-state index in [9.17, 15) is 4.39 Å². The average Bonchev–Trinajstić information content (AvgIpc) is 2.40. The highest BCUT2D eigenvalue weighted by molar-refractivity contribution is 9.10. The second-order valence-corrected chi connectivity index (χ2v) is 5.23. The Bertz CT molecular complexity index is 592. The molecule has 0 unspecified atom stereocenters. The topological polar surface area (TPSA) is 21.3 Å². The maximum atomic E-state index is 13.4. The second kappa shape index (κ2) is 6.26. The van der Waals surface area contributed by atoms with Crippen LogP contribution in [0, 0.1) is 5.82 Å². The standard InChI is InChI=1S/C14H12BrClFNO/c1-19-14-5-2-10(16)6-9(14)8-18-11-3-4-12(15)13(17)7-11/h2-7,18H,8H2,1H3. The molecule has 2 aromatic rings. The van der Waals surface area contributed by atoms with Gasteiger partial charge < -0.3 is 10.1 Å². The summed E-state index contributed by atoms with van der Waals surface area (Å²) in [5.74, 6) is 0.442. The molecule has 0 aromatic heterocycles. The molecule has 0 fully saturated rings. The highest BCUT2D eigenvalue weighted by atomic mass is 79.9. The van der Waals surface area contributed by atoms with E-state index in [0.29, 0.717) is 21.7 Å². The third-order valence-electron chi connectivity index (χ3n) is 2.65. The maximum absolute atomic E-state index is 13.4. The summed E-state index contributed by atoms with van der Waals surface area (Å²) in [7, 11) is 1.60. The molecule has 0 aliphatic rings. The lowest BCUT2D eigenvalue weighted by molar-refractivity contribution is 0.410. The van der Waals surface area contributed by atoms with E-state index in [0.717, 1.165) is 11.3 Å². The molecular formula is C14H12BrClFNO. The molecule has 100 valence electrons. The summed E-state index contributed by atoms with van der Waals surface area (Å²) in [6, 6.07) is 10.3. The van der Waals surface area contributed by atoms with Crippen molar-refractivity contribution >= 4 is 33.2 Å². The fourth-order valence-electron chi connectivity index (χ4n) is 1.69. The first-order chi connectivity index (χ1) is 9.10. The van der Waals surface area contributed by atoms with Crippen LogP contribution in [-0.2, 0) is 6.54 Å². The molecule has 0 spiro atoms. The fourth-order valence-corrected chi connectivity index (χ4v) is 2.13. The van der Waals surface area contributed by atoms with Crippen LogP contribution in [-0.4, -0.2) is 7.11 Å². The first-order valence-electron chi connectivity index (χ1n) is 5.61. The van der Waals surface area contributed by atoms with Crippen molar-refractivity contribution in [2.24, 2.45) is 0 Å². The van der Waals surface area contributed by atoms with Crippen LogP contribution in [0.15, 0.2) is 40.9 Å². The zero-order valence-electron chi connectivity index (χ0n) is 10.2. The molecular weight excluding hydrogens is 333 g/mol. The van der Waals surface area contributed by atoms with Crippen molar-refractivity contribution in [2.75, 3.05) is 12.4 Å². The Morgan fingerprint density at radius 3 is 2.74 bits per heavy atom. The van der Waals surface area contributed by atoms with Gasteiger partial charge in [-0.3, -0.25) is 0 Å². The Kier molecular flexibility index (Phi) is 4.66. The molecule has 19 heavy (non-hydrogen) atoms. The molecule has 5 heteroatoms. The zero-order chi connectivity index (χ0) is 13.8. The van der Waals surface area contributed by atoms with Gasteiger partial charge >= 0.3 is 0 Å². The van der Waals surface area contributed by atoms with Crippen LogP contribution in [0.5, 0.6) is 5.75 Å². The molecule has 1 N–H and O–H groups in total. The van der Waals surface area contributed by atoms with Gasteiger partial charge in [0.1, 0.15) is 11.6 Å². The van der Waals surface area contributed by atoms with Crippen LogP contribution in [0.3, 0.4) is 0 Å². The predicted molar refractivity (Wildman–Crippen MR) is 79.4 cm³/mol. The first-order valence-corrected chi connectivity index (χ1v) is 6.78. The third-order valence-corrected chi connectivity index (χ3v) is 3.52. The molecule has 2 nitrogen and oxygen atoms in total. The molecule has 2 rings (SSSR count). The summed E-state index contributed by atoms with van der Waals surface area (Å²) < 4.78 is 19.1. The van der Waals surface area contributed by atoms with Crippen LogP contribution in [0.2, 0.25) is 5.02 Å². The first kappa shape index (κ1) is 14.2. The van der Waals surface area contributed by atoms with Crippen LogP contribution in [0.25, 0.3) is 0 Å². The van der Waals surface area contributed by atoms with Gasteiger partial charge in [-0.05, 0) is 52.3 Å². The minimum atomic E-state index is -0.303. The molecule has 0 saturated heterocycles. The highest BCUT2D eigenvalue weighted by Crippen LogP contribution is 2.24. The summed E-state index contributed by atoms with van der Waals surface area (Å²) in [5, 5.41) is 3.77. The third kappa shape index (κ3) is 3.61. The SMILES string of the molecule is COc1ccc(Cl)cc1CNc1ccc(Br)c(F)c1. The summed E-state index contributed by atoms with van der Waals surface area (Å²) in [5.41, 5.74) is 1.61. The van der Waals surface area contributed by atoms with Gasteiger partial charge in [0.15, 0.2) is 0 Å². The Balaban J connectivity index is 2.13. The van der Waals surface area contributed by atoms with Crippen molar-refractivity contribution in [1.82, 2.24) is 0 Å². The van der Waals surface area contributed by atoms with E-state index >= 15 is 0 Å². The lowest BCUT2D eigenvalue weighted by Gasteiger charge is -2.11. The molecule has 0 amide bonds. The fraction of sp³-hybridized carbons (Fsp3) is 0.143. The summed E-state index contributed by atoms with van der Waals surface area (Å²) >= 11 is 9.07. The lowest BCUT2D eigenvalue weighted by atomic mass is 10.2. The van der Waals surface area contributed by atoms with Crippen LogP contribution in [0.1, 0.15) is 5.56 Å².